The molecule has 0 heterocycles. The van der Waals surface area contributed by atoms with Crippen LogP contribution in [-0.2, 0) is 14.3 Å². The summed E-state index contributed by atoms with van der Waals surface area (Å²) in [5.74, 6) is -0.228. The predicted octanol–water partition coefficient (Wildman–Crippen LogP) is 3.79. The summed E-state index contributed by atoms with van der Waals surface area (Å²) in [6, 6.07) is 0. The van der Waals surface area contributed by atoms with Crippen LogP contribution in [0.5, 0.6) is 0 Å². The quantitative estimate of drug-likeness (QED) is 0.381. The number of hydrogen-bond donors (Lipinski definition) is 0. The van der Waals surface area contributed by atoms with Crippen molar-refractivity contribution in [3.05, 3.63) is 23.3 Å². The lowest BCUT2D eigenvalue weighted by Crippen LogP contribution is -2.14. The summed E-state index contributed by atoms with van der Waals surface area (Å²) in [5.41, 5.74) is 1.89. The molecular weight excluding hydrogens is 240 g/mol. The van der Waals surface area contributed by atoms with Crippen LogP contribution in [0.15, 0.2) is 23.3 Å². The molecule has 3 nitrogen and oxygen atoms in total. The third kappa shape index (κ3) is 6.58. The highest BCUT2D eigenvalue weighted by Gasteiger charge is 2.12. The Morgan fingerprint density at radius 1 is 1.37 bits per heavy atom. The maximum Gasteiger partial charge on any atom is 0.336 e. The molecule has 0 atom stereocenters. The topological polar surface area (TPSA) is 35.5 Å². The molecule has 0 radical (unpaired) electrons. The molecule has 0 amide bonds. The maximum atomic E-state index is 12.0. The molecule has 0 N–H and O–H groups in total. The number of carbonyl (C=O) groups is 1. The van der Waals surface area contributed by atoms with Gasteiger partial charge in [0.15, 0.2) is 0 Å². The summed E-state index contributed by atoms with van der Waals surface area (Å²) in [6.45, 7) is 5.47. The van der Waals surface area contributed by atoms with Crippen LogP contribution in [0.2, 0.25) is 0 Å². The molecule has 1 aliphatic carbocycles. The Hall–Kier alpha value is -1.09. The number of esters is 1. The zero-order valence-electron chi connectivity index (χ0n) is 12.2. The molecular formula is C16H26O3. The highest BCUT2D eigenvalue weighted by atomic mass is 16.5. The summed E-state index contributed by atoms with van der Waals surface area (Å²) in [7, 11) is 0. The van der Waals surface area contributed by atoms with E-state index in [0.717, 1.165) is 25.7 Å². The normalized spacial score (nSPS) is 16.1. The summed E-state index contributed by atoms with van der Waals surface area (Å²) in [4.78, 5) is 12.0. The maximum absolute atomic E-state index is 12.0. The summed E-state index contributed by atoms with van der Waals surface area (Å²) < 4.78 is 10.6. The van der Waals surface area contributed by atoms with Gasteiger partial charge in [0.2, 0.25) is 0 Å². The fourth-order valence-electron chi connectivity index (χ4n) is 1.99. The molecule has 19 heavy (non-hydrogen) atoms. The smallest absolute Gasteiger partial charge is 0.336 e. The van der Waals surface area contributed by atoms with Crippen molar-refractivity contribution in [1.29, 1.82) is 0 Å². The van der Waals surface area contributed by atoms with Gasteiger partial charge in [-0.15, -0.1) is 0 Å². The van der Waals surface area contributed by atoms with E-state index in [2.05, 4.69) is 13.0 Å². The number of rotatable bonds is 8. The largest absolute Gasteiger partial charge is 0.462 e. The van der Waals surface area contributed by atoms with Crippen LogP contribution < -0.4 is 0 Å². The minimum absolute atomic E-state index is 0.228. The first-order chi connectivity index (χ1) is 9.27. The van der Waals surface area contributed by atoms with E-state index in [1.807, 2.05) is 13.0 Å². The van der Waals surface area contributed by atoms with Gasteiger partial charge in [0.25, 0.3) is 0 Å². The van der Waals surface area contributed by atoms with Crippen molar-refractivity contribution >= 4 is 5.97 Å². The molecule has 1 aliphatic rings. The summed E-state index contributed by atoms with van der Waals surface area (Å²) in [5, 5.41) is 0. The fourth-order valence-corrected chi connectivity index (χ4v) is 1.99. The second-order valence-electron chi connectivity index (χ2n) is 4.82. The number of ether oxygens (including phenoxy) is 2. The van der Waals surface area contributed by atoms with E-state index in [1.54, 1.807) is 0 Å². The van der Waals surface area contributed by atoms with Crippen LogP contribution in [0.4, 0.5) is 0 Å². The zero-order chi connectivity index (χ0) is 13.9. The van der Waals surface area contributed by atoms with Gasteiger partial charge < -0.3 is 9.47 Å². The molecule has 0 saturated carbocycles. The Kier molecular flexibility index (Phi) is 8.23. The van der Waals surface area contributed by atoms with Gasteiger partial charge in [0, 0.05) is 6.61 Å². The van der Waals surface area contributed by atoms with Crippen LogP contribution in [0.25, 0.3) is 0 Å². The van der Waals surface area contributed by atoms with Crippen molar-refractivity contribution in [2.75, 3.05) is 19.8 Å². The lowest BCUT2D eigenvalue weighted by molar-refractivity contribution is -0.139. The molecule has 0 aromatic heterocycles. The second kappa shape index (κ2) is 9.79. The van der Waals surface area contributed by atoms with Crippen molar-refractivity contribution in [2.24, 2.45) is 0 Å². The van der Waals surface area contributed by atoms with Crippen LogP contribution in [0, 0.1) is 0 Å². The first kappa shape index (κ1) is 16.0. The Morgan fingerprint density at radius 2 is 2.21 bits per heavy atom. The summed E-state index contributed by atoms with van der Waals surface area (Å²) in [6.07, 6.45) is 10.7. The Balaban J connectivity index is 2.61. The van der Waals surface area contributed by atoms with Crippen molar-refractivity contribution in [2.45, 2.75) is 52.4 Å². The van der Waals surface area contributed by atoms with Crippen LogP contribution in [0.1, 0.15) is 52.4 Å². The number of allylic oxidation sites excluding steroid dienone is 3. The van der Waals surface area contributed by atoms with E-state index in [0.29, 0.717) is 25.4 Å². The Labute approximate surface area is 116 Å². The molecule has 0 fully saturated rings. The number of hydrogen-bond acceptors (Lipinski definition) is 3. The van der Waals surface area contributed by atoms with E-state index in [1.165, 1.54) is 18.4 Å². The van der Waals surface area contributed by atoms with Crippen molar-refractivity contribution in [3.63, 3.8) is 0 Å². The van der Waals surface area contributed by atoms with E-state index in [-0.39, 0.29) is 5.97 Å². The highest BCUT2D eigenvalue weighted by Crippen LogP contribution is 2.20. The molecule has 0 aromatic carbocycles. The van der Waals surface area contributed by atoms with E-state index >= 15 is 0 Å². The van der Waals surface area contributed by atoms with Crippen molar-refractivity contribution in [1.82, 2.24) is 0 Å². The first-order valence-corrected chi connectivity index (χ1v) is 7.42. The lowest BCUT2D eigenvalue weighted by atomic mass is 9.98. The second-order valence-corrected chi connectivity index (χ2v) is 4.82. The van der Waals surface area contributed by atoms with Gasteiger partial charge >= 0.3 is 5.97 Å². The standard InChI is InChI=1S/C16H26O3/c1-3-5-11-19-16(17)15(13-18-4-2)12-14-9-7-6-8-10-14/h9,12H,3-8,10-11,13H2,1-2H3. The molecule has 1 rings (SSSR count). The number of carbonyl (C=O) groups excluding carboxylic acids is 1. The number of unbranched alkanes of at least 4 members (excludes halogenated alkanes) is 1. The Morgan fingerprint density at radius 3 is 2.84 bits per heavy atom. The van der Waals surface area contributed by atoms with E-state index in [4.69, 9.17) is 9.47 Å². The molecule has 0 unspecified atom stereocenters. The van der Waals surface area contributed by atoms with E-state index < -0.39 is 0 Å². The predicted molar refractivity (Wildman–Crippen MR) is 77.0 cm³/mol. The third-order valence-corrected chi connectivity index (χ3v) is 3.14. The minimum atomic E-state index is -0.228. The lowest BCUT2D eigenvalue weighted by Gasteiger charge is -2.12. The minimum Gasteiger partial charge on any atom is -0.462 e. The third-order valence-electron chi connectivity index (χ3n) is 3.14. The van der Waals surface area contributed by atoms with Gasteiger partial charge in [-0.3, -0.25) is 0 Å². The molecule has 0 spiro atoms. The van der Waals surface area contributed by atoms with Gasteiger partial charge in [0.05, 0.1) is 18.8 Å². The SMILES string of the molecule is CCCCOC(=O)C(=CC1=CCCCC1)COCC. The van der Waals surface area contributed by atoms with Crippen LogP contribution in [-0.4, -0.2) is 25.8 Å². The van der Waals surface area contributed by atoms with Crippen LogP contribution in [0.3, 0.4) is 0 Å². The van der Waals surface area contributed by atoms with Gasteiger partial charge in [-0.25, -0.2) is 4.79 Å². The molecule has 0 aromatic rings. The molecule has 3 heteroatoms. The zero-order valence-corrected chi connectivity index (χ0v) is 12.2. The van der Waals surface area contributed by atoms with Gasteiger partial charge in [-0.1, -0.05) is 25.0 Å². The monoisotopic (exact) mass is 266 g/mol. The van der Waals surface area contributed by atoms with E-state index in [9.17, 15) is 4.79 Å². The average Bonchev–Trinajstić information content (AvgIpc) is 2.44. The molecule has 0 aliphatic heterocycles. The Bertz CT molecular complexity index is 329. The first-order valence-electron chi connectivity index (χ1n) is 7.42. The van der Waals surface area contributed by atoms with Crippen LogP contribution >= 0.6 is 0 Å². The average molecular weight is 266 g/mol. The molecule has 0 bridgehead atoms. The fraction of sp³-hybridized carbons (Fsp3) is 0.688. The van der Waals surface area contributed by atoms with Gasteiger partial charge in [0.1, 0.15) is 0 Å². The molecule has 0 saturated heterocycles. The van der Waals surface area contributed by atoms with Crippen molar-refractivity contribution in [3.8, 4) is 0 Å². The van der Waals surface area contributed by atoms with Gasteiger partial charge in [-0.2, -0.15) is 0 Å². The molecule has 108 valence electrons. The summed E-state index contributed by atoms with van der Waals surface area (Å²) >= 11 is 0. The van der Waals surface area contributed by atoms with Gasteiger partial charge in [-0.05, 0) is 45.1 Å². The van der Waals surface area contributed by atoms with Crippen molar-refractivity contribution < 1.29 is 14.3 Å². The highest BCUT2D eigenvalue weighted by molar-refractivity contribution is 5.89.